The lowest BCUT2D eigenvalue weighted by Gasteiger charge is -2.26. The minimum atomic E-state index is 0.861. The van der Waals surface area contributed by atoms with E-state index in [4.69, 9.17) is 0 Å². The van der Waals surface area contributed by atoms with E-state index in [2.05, 4.69) is 37.2 Å². The molecule has 1 aromatic heterocycles. The summed E-state index contributed by atoms with van der Waals surface area (Å²) in [7, 11) is 0. The predicted molar refractivity (Wildman–Crippen MR) is 78.6 cm³/mol. The first-order valence-electron chi connectivity index (χ1n) is 6.89. The lowest BCUT2D eigenvalue weighted by Crippen LogP contribution is -2.32. The monoisotopic (exact) mass is 311 g/mol. The van der Waals surface area contributed by atoms with Gasteiger partial charge in [0.05, 0.1) is 5.69 Å². The maximum absolute atomic E-state index is 4.40. The molecule has 0 amide bonds. The summed E-state index contributed by atoms with van der Waals surface area (Å²) < 4.78 is 0.912. The van der Waals surface area contributed by atoms with Gasteiger partial charge in [0.1, 0.15) is 4.60 Å². The Hall–Kier alpha value is -0.450. The lowest BCUT2D eigenvalue weighted by molar-refractivity contribution is 0.225. The maximum Gasteiger partial charge on any atom is 0.106 e. The largest absolute Gasteiger partial charge is 0.311 e. The van der Waals surface area contributed by atoms with Crippen molar-refractivity contribution in [3.05, 3.63) is 28.5 Å². The Labute approximate surface area is 118 Å². The molecule has 2 heterocycles. The highest BCUT2D eigenvalue weighted by atomic mass is 79.9. The van der Waals surface area contributed by atoms with Gasteiger partial charge in [-0.2, -0.15) is 0 Å². The number of pyridine rings is 1. The highest BCUT2D eigenvalue weighted by Crippen LogP contribution is 2.08. The number of nitrogens with one attached hydrogen (secondary N) is 1. The number of nitrogens with zero attached hydrogens (tertiary/aromatic N) is 2. The number of piperidine rings is 1. The van der Waals surface area contributed by atoms with Crippen molar-refractivity contribution < 1.29 is 0 Å². The fraction of sp³-hybridized carbons (Fsp3) is 0.643. The van der Waals surface area contributed by atoms with E-state index in [0.29, 0.717) is 0 Å². The van der Waals surface area contributed by atoms with E-state index < -0.39 is 0 Å². The van der Waals surface area contributed by atoms with E-state index in [9.17, 15) is 0 Å². The smallest absolute Gasteiger partial charge is 0.106 e. The van der Waals surface area contributed by atoms with Gasteiger partial charge in [-0.15, -0.1) is 0 Å². The van der Waals surface area contributed by atoms with E-state index in [-0.39, 0.29) is 0 Å². The molecule has 2 rings (SSSR count). The molecule has 1 aliphatic heterocycles. The Kier molecular flexibility index (Phi) is 6.11. The Morgan fingerprint density at radius 3 is 2.83 bits per heavy atom. The molecule has 1 aliphatic rings. The molecule has 1 N–H and O–H groups in total. The first-order chi connectivity index (χ1) is 8.84. The molecule has 0 saturated carbocycles. The number of hydrogen-bond donors (Lipinski definition) is 1. The number of rotatable bonds is 6. The van der Waals surface area contributed by atoms with Crippen molar-refractivity contribution >= 4 is 15.9 Å². The van der Waals surface area contributed by atoms with Gasteiger partial charge >= 0.3 is 0 Å². The van der Waals surface area contributed by atoms with Crippen molar-refractivity contribution in [1.82, 2.24) is 15.2 Å². The third-order valence-corrected chi connectivity index (χ3v) is 3.80. The molecule has 0 aromatic carbocycles. The molecule has 0 bridgehead atoms. The van der Waals surface area contributed by atoms with Crippen molar-refractivity contribution in [3.63, 3.8) is 0 Å². The first kappa shape index (κ1) is 14.0. The summed E-state index contributed by atoms with van der Waals surface area (Å²) in [4.78, 5) is 6.99. The standard InChI is InChI=1S/C14H22BrN3/c15-14-7-4-6-13(17-14)12-16-8-5-11-18-9-2-1-3-10-18/h4,6-7,16H,1-3,5,8-12H2. The molecule has 1 saturated heterocycles. The zero-order chi connectivity index (χ0) is 12.6. The molecule has 3 nitrogen and oxygen atoms in total. The normalized spacial score (nSPS) is 16.9. The number of likely N-dealkylation sites (tertiary alicyclic amines) is 1. The van der Waals surface area contributed by atoms with E-state index in [1.54, 1.807) is 0 Å². The lowest BCUT2D eigenvalue weighted by atomic mass is 10.1. The van der Waals surface area contributed by atoms with Crippen molar-refractivity contribution in [3.8, 4) is 0 Å². The summed E-state index contributed by atoms with van der Waals surface area (Å²) in [5.74, 6) is 0. The highest BCUT2D eigenvalue weighted by molar-refractivity contribution is 9.10. The molecule has 18 heavy (non-hydrogen) atoms. The Balaban J connectivity index is 1.55. The van der Waals surface area contributed by atoms with Crippen LogP contribution in [-0.2, 0) is 6.54 Å². The maximum atomic E-state index is 4.40. The van der Waals surface area contributed by atoms with Crippen LogP contribution in [0.3, 0.4) is 0 Å². The van der Waals surface area contributed by atoms with Crippen molar-refractivity contribution in [2.75, 3.05) is 26.2 Å². The molecular formula is C14H22BrN3. The Bertz CT molecular complexity index is 351. The van der Waals surface area contributed by atoms with Crippen LogP contribution in [0.2, 0.25) is 0 Å². The van der Waals surface area contributed by atoms with Gasteiger partial charge in [0.15, 0.2) is 0 Å². The topological polar surface area (TPSA) is 28.2 Å². The average Bonchev–Trinajstić information content (AvgIpc) is 2.40. The quantitative estimate of drug-likeness (QED) is 0.647. The molecule has 100 valence electrons. The molecule has 1 aromatic rings. The van der Waals surface area contributed by atoms with Gasteiger partial charge in [0, 0.05) is 6.54 Å². The summed E-state index contributed by atoms with van der Waals surface area (Å²) in [5, 5.41) is 3.46. The number of halogens is 1. The molecule has 0 unspecified atom stereocenters. The average molecular weight is 312 g/mol. The van der Waals surface area contributed by atoms with Crippen LogP contribution in [0.5, 0.6) is 0 Å². The van der Waals surface area contributed by atoms with E-state index >= 15 is 0 Å². The zero-order valence-corrected chi connectivity index (χ0v) is 12.5. The SMILES string of the molecule is Brc1cccc(CNCCCN2CCCCC2)n1. The van der Waals surface area contributed by atoms with Gasteiger partial charge in [0.25, 0.3) is 0 Å². The van der Waals surface area contributed by atoms with Crippen LogP contribution in [0.15, 0.2) is 22.8 Å². The van der Waals surface area contributed by atoms with Crippen LogP contribution < -0.4 is 5.32 Å². The fourth-order valence-corrected chi connectivity index (χ4v) is 2.76. The van der Waals surface area contributed by atoms with Gasteiger partial charge in [-0.1, -0.05) is 12.5 Å². The zero-order valence-electron chi connectivity index (χ0n) is 10.9. The van der Waals surface area contributed by atoms with Gasteiger partial charge in [-0.05, 0) is 73.5 Å². The van der Waals surface area contributed by atoms with Crippen LogP contribution in [0, 0.1) is 0 Å². The van der Waals surface area contributed by atoms with Gasteiger partial charge < -0.3 is 10.2 Å². The van der Waals surface area contributed by atoms with Crippen LogP contribution in [0.25, 0.3) is 0 Å². The van der Waals surface area contributed by atoms with Crippen molar-refractivity contribution in [2.24, 2.45) is 0 Å². The summed E-state index contributed by atoms with van der Waals surface area (Å²) >= 11 is 3.39. The summed E-state index contributed by atoms with van der Waals surface area (Å²) in [6.45, 7) is 5.77. The second-order valence-corrected chi connectivity index (χ2v) is 5.70. The molecular weight excluding hydrogens is 290 g/mol. The molecule has 4 heteroatoms. The third kappa shape index (κ3) is 5.04. The Morgan fingerprint density at radius 2 is 2.06 bits per heavy atom. The number of hydrogen-bond acceptors (Lipinski definition) is 3. The molecule has 0 spiro atoms. The van der Waals surface area contributed by atoms with Crippen molar-refractivity contribution in [1.29, 1.82) is 0 Å². The molecule has 1 fully saturated rings. The van der Waals surface area contributed by atoms with Gasteiger partial charge in [0.2, 0.25) is 0 Å². The van der Waals surface area contributed by atoms with Crippen LogP contribution in [0.1, 0.15) is 31.4 Å². The Morgan fingerprint density at radius 1 is 1.22 bits per heavy atom. The van der Waals surface area contributed by atoms with Crippen LogP contribution in [-0.4, -0.2) is 36.1 Å². The highest BCUT2D eigenvalue weighted by Gasteiger charge is 2.08. The molecule has 0 radical (unpaired) electrons. The predicted octanol–water partition coefficient (Wildman–Crippen LogP) is 2.81. The molecule has 0 atom stereocenters. The summed E-state index contributed by atoms with van der Waals surface area (Å²) in [5.41, 5.74) is 1.10. The fourth-order valence-electron chi connectivity index (χ4n) is 2.38. The summed E-state index contributed by atoms with van der Waals surface area (Å²) in [6, 6.07) is 6.05. The minimum Gasteiger partial charge on any atom is -0.311 e. The first-order valence-corrected chi connectivity index (χ1v) is 7.68. The van der Waals surface area contributed by atoms with Crippen LogP contribution >= 0.6 is 15.9 Å². The van der Waals surface area contributed by atoms with E-state index in [0.717, 1.165) is 23.4 Å². The molecule has 0 aliphatic carbocycles. The van der Waals surface area contributed by atoms with Gasteiger partial charge in [-0.3, -0.25) is 0 Å². The number of aromatic nitrogens is 1. The second kappa shape index (κ2) is 7.87. The van der Waals surface area contributed by atoms with E-state index in [1.807, 2.05) is 12.1 Å². The summed E-state index contributed by atoms with van der Waals surface area (Å²) in [6.07, 6.45) is 5.42. The third-order valence-electron chi connectivity index (χ3n) is 3.36. The second-order valence-electron chi connectivity index (χ2n) is 4.88. The van der Waals surface area contributed by atoms with Crippen LogP contribution in [0.4, 0.5) is 0 Å². The van der Waals surface area contributed by atoms with Gasteiger partial charge in [-0.25, -0.2) is 4.98 Å². The van der Waals surface area contributed by atoms with Crippen molar-refractivity contribution in [2.45, 2.75) is 32.2 Å². The minimum absolute atomic E-state index is 0.861. The van der Waals surface area contributed by atoms with E-state index in [1.165, 1.54) is 45.3 Å².